The fourth-order valence-electron chi connectivity index (χ4n) is 5.06. The standard InChI is InChI=1S/C13H9.C9H13.C5H5.C3H6.5FH.2Hf/c1-3-7-12-10(5-1)9-11-6-2-4-8-13(11)12;1-2-3-6-9-7-4-5-8-9;1-2-4-5-3-1;1-3-2;;;;;;;/h1-9H;4,7H,2-3,5-6H2,1H3;1-3H,4H2;1-2H3;5*1H;;. The summed E-state index contributed by atoms with van der Waals surface area (Å²) >= 11 is -0.792. The molecule has 3 aliphatic carbocycles. The molecule has 0 N–H and O–H groups in total. The molecule has 0 amide bonds. The molecule has 0 bridgehead atoms. The van der Waals surface area contributed by atoms with Crippen molar-refractivity contribution in [1.29, 1.82) is 0 Å². The van der Waals surface area contributed by atoms with Gasteiger partial charge in [-0.2, -0.15) is 0 Å². The monoisotopic (exact) mass is 853 g/mol. The van der Waals surface area contributed by atoms with E-state index in [1.807, 2.05) is 0 Å². The SMILES string of the molecule is CCCCC1=[C]([Hf])CC=C1.C[C](C)=[Hf]([C]1=CC=CC1)[CH]1c2ccccc2-c2ccccc21.F.F.F.F.F. The molecule has 5 rings (SSSR count). The summed E-state index contributed by atoms with van der Waals surface area (Å²) in [5.74, 6) is 0. The van der Waals surface area contributed by atoms with E-state index < -0.39 is 21.0 Å². The third kappa shape index (κ3) is 8.58. The molecule has 0 unspecified atom stereocenters. The molecule has 3 aliphatic rings. The normalized spacial score (nSPS) is 13.7. The van der Waals surface area contributed by atoms with Crippen LogP contribution in [-0.2, 0) is 45.3 Å². The van der Waals surface area contributed by atoms with Gasteiger partial charge in [-0.25, -0.2) is 0 Å². The minimum atomic E-state index is -2.06. The molecule has 37 heavy (non-hydrogen) atoms. The molecule has 0 aromatic heterocycles. The first-order valence-electron chi connectivity index (χ1n) is 11.9. The zero-order chi connectivity index (χ0) is 22.5. The molecule has 0 nitrogen and oxygen atoms in total. The predicted octanol–water partition coefficient (Wildman–Crippen LogP) is 9.13. The van der Waals surface area contributed by atoms with Gasteiger partial charge in [0.15, 0.2) is 0 Å². The molecule has 0 saturated heterocycles. The molecule has 0 atom stereocenters. The molecule has 0 heterocycles. The molecule has 2 aromatic rings. The quantitative estimate of drug-likeness (QED) is 0.208. The molecule has 201 valence electrons. The Hall–Kier alpha value is -1.34. The van der Waals surface area contributed by atoms with Gasteiger partial charge in [0.05, 0.1) is 0 Å². The van der Waals surface area contributed by atoms with Crippen molar-refractivity contribution in [2.24, 2.45) is 0 Å². The van der Waals surface area contributed by atoms with Gasteiger partial charge in [0.2, 0.25) is 0 Å². The second-order valence-electron chi connectivity index (χ2n) is 9.06. The Balaban J connectivity index is 0. The van der Waals surface area contributed by atoms with Crippen LogP contribution in [-0.4, -0.2) is 3.26 Å². The van der Waals surface area contributed by atoms with Crippen molar-refractivity contribution < 1.29 is 68.9 Å². The van der Waals surface area contributed by atoms with E-state index >= 15 is 0 Å². The summed E-state index contributed by atoms with van der Waals surface area (Å²) in [6.07, 6.45) is 18.1. The van der Waals surface area contributed by atoms with Gasteiger partial charge in [-0.05, 0) is 0 Å². The zero-order valence-electron chi connectivity index (χ0n) is 21.7. The second kappa shape index (κ2) is 18.0. The summed E-state index contributed by atoms with van der Waals surface area (Å²) in [7, 11) is 0. The number of halogens is 5. The van der Waals surface area contributed by atoms with Crippen molar-refractivity contribution in [3.63, 3.8) is 0 Å². The number of rotatable bonds is 5. The molecule has 0 radical (unpaired) electrons. The first kappa shape index (κ1) is 37.8. The van der Waals surface area contributed by atoms with Crippen LogP contribution in [0, 0.1) is 0 Å². The van der Waals surface area contributed by atoms with Crippen molar-refractivity contribution in [3.8, 4) is 11.1 Å². The van der Waals surface area contributed by atoms with Gasteiger partial charge in [0, 0.05) is 0 Å². The Kier molecular flexibility index (Phi) is 18.4. The van der Waals surface area contributed by atoms with Crippen LogP contribution in [0.5, 0.6) is 0 Å². The summed E-state index contributed by atoms with van der Waals surface area (Å²) in [5.41, 5.74) is 7.75. The largest absolute Gasteiger partial charge is 0.269 e. The van der Waals surface area contributed by atoms with Gasteiger partial charge in [0.25, 0.3) is 0 Å². The van der Waals surface area contributed by atoms with E-state index in [9.17, 15) is 0 Å². The minimum Gasteiger partial charge on any atom is -0.269 e. The molecular weight excluding hydrogens is 812 g/mol. The van der Waals surface area contributed by atoms with E-state index in [-0.39, 0.29) is 23.5 Å². The molecular formula is C30H38F5Hf2. The molecule has 0 fully saturated rings. The smallest absolute Gasteiger partial charge is 0.269 e. The van der Waals surface area contributed by atoms with E-state index in [4.69, 9.17) is 0 Å². The van der Waals surface area contributed by atoms with Gasteiger partial charge in [-0.3, -0.25) is 23.5 Å². The number of hydrogen-bond acceptors (Lipinski definition) is 0. The summed E-state index contributed by atoms with van der Waals surface area (Å²) in [4.78, 5) is 0. The van der Waals surface area contributed by atoms with Crippen LogP contribution in [0.2, 0.25) is 0 Å². The van der Waals surface area contributed by atoms with Gasteiger partial charge < -0.3 is 0 Å². The van der Waals surface area contributed by atoms with Gasteiger partial charge >= 0.3 is 219 Å². The van der Waals surface area contributed by atoms with Crippen LogP contribution in [0.4, 0.5) is 23.5 Å². The summed E-state index contributed by atoms with van der Waals surface area (Å²) in [6.45, 7) is 7.02. The third-order valence-corrected chi connectivity index (χ3v) is 20.5. The van der Waals surface area contributed by atoms with E-state index in [0.29, 0.717) is 3.67 Å². The van der Waals surface area contributed by atoms with E-state index in [1.165, 1.54) is 67.6 Å². The van der Waals surface area contributed by atoms with E-state index in [2.05, 4.69) is 99.7 Å². The molecule has 0 saturated carbocycles. The summed E-state index contributed by atoms with van der Waals surface area (Å²) < 4.78 is 5.87. The van der Waals surface area contributed by atoms with Crippen molar-refractivity contribution in [2.75, 3.05) is 0 Å². The average molecular weight is 851 g/mol. The molecule has 2 aromatic carbocycles. The molecule has 0 aliphatic heterocycles. The number of benzene rings is 2. The van der Waals surface area contributed by atoms with Gasteiger partial charge in [0.1, 0.15) is 0 Å². The Morgan fingerprint density at radius 2 is 1.41 bits per heavy atom. The van der Waals surface area contributed by atoms with Crippen LogP contribution in [0.1, 0.15) is 67.7 Å². The maximum atomic E-state index is 2.42. The first-order valence-corrected chi connectivity index (χ1v) is 19.4. The van der Waals surface area contributed by atoms with Gasteiger partial charge in [-0.15, -0.1) is 0 Å². The Labute approximate surface area is 240 Å². The Morgan fingerprint density at radius 1 is 0.838 bits per heavy atom. The number of allylic oxidation sites excluding steroid dienone is 8. The summed E-state index contributed by atoms with van der Waals surface area (Å²) in [5, 5.41) is 0. The Morgan fingerprint density at radius 3 is 1.84 bits per heavy atom. The van der Waals surface area contributed by atoms with Crippen molar-refractivity contribution in [1.82, 2.24) is 0 Å². The topological polar surface area (TPSA) is 0 Å². The second-order valence-corrected chi connectivity index (χ2v) is 22.2. The minimum absolute atomic E-state index is 0. The molecule has 0 spiro atoms. The summed E-state index contributed by atoms with van der Waals surface area (Å²) in [6, 6.07) is 18.2. The van der Waals surface area contributed by atoms with E-state index in [0.717, 1.165) is 0 Å². The van der Waals surface area contributed by atoms with Crippen molar-refractivity contribution in [2.45, 2.75) is 56.5 Å². The van der Waals surface area contributed by atoms with Crippen LogP contribution in [0.15, 0.2) is 91.1 Å². The molecule has 7 heteroatoms. The van der Waals surface area contributed by atoms with E-state index in [1.54, 1.807) is 26.6 Å². The first-order chi connectivity index (χ1) is 15.6. The number of fused-ring (bicyclic) bond motifs is 3. The van der Waals surface area contributed by atoms with Crippen LogP contribution < -0.4 is 0 Å². The third-order valence-electron chi connectivity index (χ3n) is 6.61. The average Bonchev–Trinajstić information content (AvgIpc) is 3.54. The van der Waals surface area contributed by atoms with Crippen molar-refractivity contribution in [3.05, 3.63) is 102 Å². The van der Waals surface area contributed by atoms with Crippen molar-refractivity contribution >= 4 is 3.26 Å². The maximum absolute atomic E-state index is 2.42. The Bertz CT molecular complexity index is 1110. The number of hydrogen-bond donors (Lipinski definition) is 0. The fourth-order valence-corrected chi connectivity index (χ4v) is 18.2. The van der Waals surface area contributed by atoms with Gasteiger partial charge in [-0.1, -0.05) is 0 Å². The van der Waals surface area contributed by atoms with Crippen LogP contribution in [0.3, 0.4) is 0 Å². The maximum Gasteiger partial charge on any atom is -0.269 e. The zero-order valence-corrected chi connectivity index (χ0v) is 28.8. The predicted molar refractivity (Wildman–Crippen MR) is 145 cm³/mol. The number of unbranched alkanes of at least 4 members (excludes halogenated alkanes) is 1. The fraction of sp³-hybridized carbons (Fsp3) is 0.300. The van der Waals surface area contributed by atoms with Crippen LogP contribution >= 0.6 is 0 Å². The van der Waals surface area contributed by atoms with Crippen LogP contribution in [0.25, 0.3) is 11.1 Å².